The summed E-state index contributed by atoms with van der Waals surface area (Å²) < 4.78 is 0. The second-order valence-electron chi connectivity index (χ2n) is 4.31. The third-order valence-corrected chi connectivity index (χ3v) is 3.57. The molecule has 0 unspecified atom stereocenters. The van der Waals surface area contributed by atoms with Crippen molar-refractivity contribution in [2.75, 3.05) is 5.32 Å². The normalized spacial score (nSPS) is 10.5. The minimum atomic E-state index is -0.965. The molecule has 0 aliphatic carbocycles. The molecule has 0 aromatic carbocycles. The zero-order valence-electron chi connectivity index (χ0n) is 11.0. The minimum Gasteiger partial charge on any atom is -0.478 e. The van der Waals surface area contributed by atoms with Crippen LogP contribution in [-0.4, -0.2) is 21.0 Å². The summed E-state index contributed by atoms with van der Waals surface area (Å²) in [5.74, 6) is -0.552. The summed E-state index contributed by atoms with van der Waals surface area (Å²) >= 11 is 1.58. The topological polar surface area (TPSA) is 75.1 Å². The summed E-state index contributed by atoms with van der Waals surface area (Å²) in [5.41, 5.74) is 1.74. The molecule has 0 spiro atoms. The molecule has 0 aliphatic heterocycles. The summed E-state index contributed by atoms with van der Waals surface area (Å²) in [5, 5.41) is 13.3. The molecule has 0 amide bonds. The van der Waals surface area contributed by atoms with Crippen LogP contribution in [-0.2, 0) is 6.54 Å². The molecule has 100 valence electrons. The fourth-order valence-electron chi connectivity index (χ4n) is 1.89. The predicted molar refractivity (Wildman–Crippen MR) is 74.8 cm³/mol. The van der Waals surface area contributed by atoms with E-state index >= 15 is 0 Å². The molecule has 2 rings (SSSR count). The average molecular weight is 277 g/mol. The predicted octanol–water partition coefficient (Wildman–Crippen LogP) is 2.77. The van der Waals surface area contributed by atoms with Gasteiger partial charge in [0.25, 0.3) is 0 Å². The minimum absolute atomic E-state index is 0.229. The maximum Gasteiger partial charge on any atom is 0.339 e. The lowest BCUT2D eigenvalue weighted by molar-refractivity contribution is 0.0697. The van der Waals surface area contributed by atoms with Crippen molar-refractivity contribution in [3.8, 4) is 0 Å². The standard InChI is InChI=1S/C13H15N3O2S/c1-7-4-8(2)16-12(11(7)13(17)18)15-6-10-5-14-9(3)19-10/h4-5H,6H2,1-3H3,(H,15,16)(H,17,18). The highest BCUT2D eigenvalue weighted by Crippen LogP contribution is 2.20. The Morgan fingerprint density at radius 1 is 1.42 bits per heavy atom. The average Bonchev–Trinajstić information content (AvgIpc) is 2.71. The first-order valence-electron chi connectivity index (χ1n) is 5.84. The maximum absolute atomic E-state index is 11.3. The van der Waals surface area contributed by atoms with E-state index in [9.17, 15) is 9.90 Å². The van der Waals surface area contributed by atoms with Crippen molar-refractivity contribution in [1.29, 1.82) is 0 Å². The van der Waals surface area contributed by atoms with Gasteiger partial charge in [0, 0.05) is 16.8 Å². The number of hydrogen-bond donors (Lipinski definition) is 2. The van der Waals surface area contributed by atoms with E-state index in [1.54, 1.807) is 30.5 Å². The van der Waals surface area contributed by atoms with Crippen LogP contribution in [0.3, 0.4) is 0 Å². The Balaban J connectivity index is 2.26. The lowest BCUT2D eigenvalue weighted by atomic mass is 10.1. The van der Waals surface area contributed by atoms with Crippen molar-refractivity contribution in [2.24, 2.45) is 0 Å². The van der Waals surface area contributed by atoms with Crippen LogP contribution in [0.4, 0.5) is 5.82 Å². The van der Waals surface area contributed by atoms with Crippen LogP contribution >= 0.6 is 11.3 Å². The number of carboxylic acid groups (broad SMARTS) is 1. The van der Waals surface area contributed by atoms with E-state index in [0.717, 1.165) is 15.6 Å². The quantitative estimate of drug-likeness (QED) is 0.898. The van der Waals surface area contributed by atoms with Gasteiger partial charge in [-0.2, -0.15) is 0 Å². The van der Waals surface area contributed by atoms with Gasteiger partial charge in [-0.1, -0.05) is 0 Å². The first-order valence-corrected chi connectivity index (χ1v) is 6.65. The molecule has 0 saturated carbocycles. The Hall–Kier alpha value is -1.95. The molecule has 0 atom stereocenters. The summed E-state index contributed by atoms with van der Waals surface area (Å²) in [6.07, 6.45) is 1.79. The third kappa shape index (κ3) is 3.08. The number of aryl methyl sites for hydroxylation is 3. The number of nitrogens with one attached hydrogen (secondary N) is 1. The van der Waals surface area contributed by atoms with E-state index in [0.29, 0.717) is 17.9 Å². The molecule has 0 fully saturated rings. The number of hydrogen-bond acceptors (Lipinski definition) is 5. The molecule has 2 N–H and O–H groups in total. The number of carbonyl (C=O) groups is 1. The van der Waals surface area contributed by atoms with Gasteiger partial charge in [-0.25, -0.2) is 14.8 Å². The maximum atomic E-state index is 11.3. The molecule has 0 radical (unpaired) electrons. The smallest absolute Gasteiger partial charge is 0.339 e. The molecule has 2 aromatic heterocycles. The molecule has 2 aromatic rings. The van der Waals surface area contributed by atoms with Gasteiger partial charge in [-0.05, 0) is 32.4 Å². The third-order valence-electron chi connectivity index (χ3n) is 2.66. The summed E-state index contributed by atoms with van der Waals surface area (Å²) in [6.45, 7) is 6.09. The fraction of sp³-hybridized carbons (Fsp3) is 0.308. The molecular weight excluding hydrogens is 262 g/mol. The van der Waals surface area contributed by atoms with Gasteiger partial charge in [0.1, 0.15) is 11.4 Å². The first kappa shape index (κ1) is 13.5. The van der Waals surface area contributed by atoms with Crippen molar-refractivity contribution in [2.45, 2.75) is 27.3 Å². The van der Waals surface area contributed by atoms with Crippen LogP contribution in [0, 0.1) is 20.8 Å². The van der Waals surface area contributed by atoms with E-state index in [-0.39, 0.29) is 5.56 Å². The molecule has 2 heterocycles. The summed E-state index contributed by atoms with van der Waals surface area (Å²) in [6, 6.07) is 1.77. The zero-order valence-corrected chi connectivity index (χ0v) is 11.8. The lowest BCUT2D eigenvalue weighted by Gasteiger charge is -2.11. The Bertz CT molecular complexity index is 622. The van der Waals surface area contributed by atoms with Gasteiger partial charge >= 0.3 is 5.97 Å². The number of carboxylic acids is 1. The Morgan fingerprint density at radius 2 is 2.16 bits per heavy atom. The largest absolute Gasteiger partial charge is 0.478 e. The van der Waals surface area contributed by atoms with Crippen LogP contribution in [0.25, 0.3) is 0 Å². The van der Waals surface area contributed by atoms with Gasteiger partial charge in [0.15, 0.2) is 0 Å². The van der Waals surface area contributed by atoms with Crippen LogP contribution in [0.2, 0.25) is 0 Å². The molecule has 5 nitrogen and oxygen atoms in total. The number of aromatic nitrogens is 2. The van der Waals surface area contributed by atoms with E-state index in [1.165, 1.54) is 0 Å². The number of rotatable bonds is 4. The van der Waals surface area contributed by atoms with Crippen molar-refractivity contribution in [1.82, 2.24) is 9.97 Å². The number of aromatic carboxylic acids is 1. The molecule has 6 heteroatoms. The summed E-state index contributed by atoms with van der Waals surface area (Å²) in [4.78, 5) is 20.8. The van der Waals surface area contributed by atoms with E-state index in [2.05, 4.69) is 15.3 Å². The van der Waals surface area contributed by atoms with Crippen LogP contribution in [0.15, 0.2) is 12.3 Å². The van der Waals surface area contributed by atoms with Gasteiger partial charge in [-0.15, -0.1) is 11.3 Å². The van der Waals surface area contributed by atoms with E-state index < -0.39 is 5.97 Å². The van der Waals surface area contributed by atoms with Crippen LogP contribution in [0.5, 0.6) is 0 Å². The highest BCUT2D eigenvalue weighted by Gasteiger charge is 2.15. The molecule has 0 bridgehead atoms. The lowest BCUT2D eigenvalue weighted by Crippen LogP contribution is -2.10. The molecule has 0 aliphatic rings. The van der Waals surface area contributed by atoms with Crippen molar-refractivity contribution < 1.29 is 9.90 Å². The second kappa shape index (κ2) is 5.36. The van der Waals surface area contributed by atoms with Crippen molar-refractivity contribution in [3.63, 3.8) is 0 Å². The molecular formula is C13H15N3O2S. The van der Waals surface area contributed by atoms with Gasteiger partial charge in [-0.3, -0.25) is 0 Å². The SMILES string of the molecule is Cc1cc(C)c(C(=O)O)c(NCc2cnc(C)s2)n1. The summed E-state index contributed by atoms with van der Waals surface area (Å²) in [7, 11) is 0. The van der Waals surface area contributed by atoms with Crippen LogP contribution in [0.1, 0.15) is 31.5 Å². The monoisotopic (exact) mass is 277 g/mol. The Kier molecular flexibility index (Phi) is 3.80. The van der Waals surface area contributed by atoms with Crippen molar-refractivity contribution in [3.05, 3.63) is 39.0 Å². The Morgan fingerprint density at radius 3 is 2.74 bits per heavy atom. The van der Waals surface area contributed by atoms with Gasteiger partial charge in [0.2, 0.25) is 0 Å². The number of anilines is 1. The highest BCUT2D eigenvalue weighted by molar-refractivity contribution is 7.11. The second-order valence-corrected chi connectivity index (χ2v) is 5.63. The van der Waals surface area contributed by atoms with Crippen molar-refractivity contribution >= 4 is 23.1 Å². The number of pyridine rings is 1. The molecule has 0 saturated heterocycles. The van der Waals surface area contributed by atoms with Gasteiger partial charge < -0.3 is 10.4 Å². The van der Waals surface area contributed by atoms with Gasteiger partial charge in [0.05, 0.1) is 11.6 Å². The molecule has 19 heavy (non-hydrogen) atoms. The fourth-order valence-corrected chi connectivity index (χ4v) is 2.63. The van der Waals surface area contributed by atoms with E-state index in [4.69, 9.17) is 0 Å². The van der Waals surface area contributed by atoms with Crippen LogP contribution < -0.4 is 5.32 Å². The Labute approximate surface area is 115 Å². The zero-order chi connectivity index (χ0) is 14.0. The first-order chi connectivity index (χ1) is 8.97. The number of nitrogens with zero attached hydrogens (tertiary/aromatic N) is 2. The number of thiazole rings is 1. The highest BCUT2D eigenvalue weighted by atomic mass is 32.1. The van der Waals surface area contributed by atoms with E-state index in [1.807, 2.05) is 13.8 Å².